The third-order valence-electron chi connectivity index (χ3n) is 4.69. The molecule has 8 nitrogen and oxygen atoms in total. The third-order valence-corrected chi connectivity index (χ3v) is 5.52. The van der Waals surface area contributed by atoms with Gasteiger partial charge in [0.15, 0.2) is 5.13 Å². The van der Waals surface area contributed by atoms with Gasteiger partial charge in [-0.25, -0.2) is 14.5 Å². The molecule has 3 rings (SSSR count). The number of hydrogen-bond donors (Lipinski definition) is 2. The predicted molar refractivity (Wildman–Crippen MR) is 106 cm³/mol. The molecule has 146 valence electrons. The highest BCUT2D eigenvalue weighted by molar-refractivity contribution is 7.15. The summed E-state index contributed by atoms with van der Waals surface area (Å²) in [6, 6.07) is 3.33. The molecule has 3 heterocycles. The van der Waals surface area contributed by atoms with E-state index in [0.29, 0.717) is 18.2 Å². The lowest BCUT2D eigenvalue weighted by atomic mass is 10.0. The van der Waals surface area contributed by atoms with E-state index in [4.69, 9.17) is 0 Å². The largest absolute Gasteiger partial charge is 0.336 e. The molecule has 0 radical (unpaired) electrons. The number of thiazole rings is 1. The molecule has 2 N–H and O–H groups in total. The van der Waals surface area contributed by atoms with Crippen LogP contribution < -0.4 is 16.2 Å². The van der Waals surface area contributed by atoms with Crippen molar-refractivity contribution < 1.29 is 4.79 Å². The Morgan fingerprint density at radius 3 is 2.93 bits per heavy atom. The van der Waals surface area contributed by atoms with E-state index < -0.39 is 0 Å². The number of anilines is 1. The first-order chi connectivity index (χ1) is 13.0. The van der Waals surface area contributed by atoms with Gasteiger partial charge in [0.25, 0.3) is 5.56 Å². The SMILES string of the molecule is Cc1ccc(=O)n(CCN2CCCCC2CNC(=O)Nc2ncc(C)s2)n1. The predicted octanol–water partition coefficient (Wildman–Crippen LogP) is 1.99. The number of amides is 2. The van der Waals surface area contributed by atoms with Crippen LogP contribution in [-0.4, -0.2) is 51.4 Å². The molecule has 1 fully saturated rings. The lowest BCUT2D eigenvalue weighted by Crippen LogP contribution is -2.48. The van der Waals surface area contributed by atoms with Gasteiger partial charge in [-0.05, 0) is 39.3 Å². The second-order valence-corrected chi connectivity index (χ2v) is 8.07. The molecule has 1 atom stereocenters. The van der Waals surface area contributed by atoms with Gasteiger partial charge >= 0.3 is 6.03 Å². The first-order valence-electron chi connectivity index (χ1n) is 9.27. The minimum Gasteiger partial charge on any atom is -0.336 e. The lowest BCUT2D eigenvalue weighted by molar-refractivity contribution is 0.139. The Hall–Kier alpha value is -2.26. The van der Waals surface area contributed by atoms with Crippen LogP contribution in [-0.2, 0) is 6.54 Å². The van der Waals surface area contributed by atoms with Crippen LogP contribution in [0.15, 0.2) is 23.1 Å². The third kappa shape index (κ3) is 5.61. The van der Waals surface area contributed by atoms with Gasteiger partial charge in [-0.3, -0.25) is 15.0 Å². The van der Waals surface area contributed by atoms with Gasteiger partial charge in [-0.2, -0.15) is 5.10 Å². The van der Waals surface area contributed by atoms with E-state index in [9.17, 15) is 9.59 Å². The molecule has 1 unspecified atom stereocenters. The van der Waals surface area contributed by atoms with Gasteiger partial charge in [-0.15, -0.1) is 11.3 Å². The molecular formula is C18H26N6O2S. The molecule has 0 saturated carbocycles. The summed E-state index contributed by atoms with van der Waals surface area (Å²) in [5.74, 6) is 0. The van der Waals surface area contributed by atoms with Gasteiger partial charge in [-0.1, -0.05) is 6.42 Å². The maximum atomic E-state index is 12.1. The average molecular weight is 391 g/mol. The molecule has 0 spiro atoms. The molecule has 1 saturated heterocycles. The van der Waals surface area contributed by atoms with Crippen LogP contribution in [0.3, 0.4) is 0 Å². The highest BCUT2D eigenvalue weighted by Gasteiger charge is 2.23. The van der Waals surface area contributed by atoms with Crippen LogP contribution in [0.25, 0.3) is 0 Å². The Kier molecular flexibility index (Phi) is 6.57. The minimum absolute atomic E-state index is 0.0783. The van der Waals surface area contributed by atoms with E-state index >= 15 is 0 Å². The number of hydrogen-bond acceptors (Lipinski definition) is 6. The summed E-state index contributed by atoms with van der Waals surface area (Å²) in [6.07, 6.45) is 5.06. The van der Waals surface area contributed by atoms with Gasteiger partial charge < -0.3 is 5.32 Å². The Bertz CT molecular complexity index is 833. The van der Waals surface area contributed by atoms with E-state index in [2.05, 4.69) is 25.6 Å². The van der Waals surface area contributed by atoms with Gasteiger partial charge in [0, 0.05) is 36.3 Å². The maximum Gasteiger partial charge on any atom is 0.321 e. The van der Waals surface area contributed by atoms with Crippen molar-refractivity contribution in [2.75, 3.05) is 25.0 Å². The van der Waals surface area contributed by atoms with Crippen molar-refractivity contribution in [3.63, 3.8) is 0 Å². The van der Waals surface area contributed by atoms with Crippen molar-refractivity contribution >= 4 is 22.5 Å². The highest BCUT2D eigenvalue weighted by Crippen LogP contribution is 2.17. The van der Waals surface area contributed by atoms with Gasteiger partial charge in [0.2, 0.25) is 0 Å². The van der Waals surface area contributed by atoms with E-state index in [1.54, 1.807) is 18.3 Å². The number of nitrogens with one attached hydrogen (secondary N) is 2. The number of piperidine rings is 1. The Morgan fingerprint density at radius 2 is 2.15 bits per heavy atom. The average Bonchev–Trinajstić information content (AvgIpc) is 3.06. The zero-order chi connectivity index (χ0) is 19.2. The number of likely N-dealkylation sites (tertiary alicyclic amines) is 1. The van der Waals surface area contributed by atoms with Crippen LogP contribution in [0.5, 0.6) is 0 Å². The lowest BCUT2D eigenvalue weighted by Gasteiger charge is -2.35. The monoisotopic (exact) mass is 390 g/mol. The van der Waals surface area contributed by atoms with Crippen molar-refractivity contribution in [1.82, 2.24) is 25.0 Å². The molecule has 2 aromatic rings. The van der Waals surface area contributed by atoms with Crippen LogP contribution in [0.1, 0.15) is 29.8 Å². The molecule has 1 aliphatic heterocycles. The zero-order valence-corrected chi connectivity index (χ0v) is 16.6. The van der Waals surface area contributed by atoms with Crippen LogP contribution in [0, 0.1) is 13.8 Å². The number of aryl methyl sites for hydroxylation is 2. The van der Waals surface area contributed by atoms with Crippen LogP contribution in [0.4, 0.5) is 9.93 Å². The number of carbonyl (C=O) groups excluding carboxylic acids is 1. The number of rotatable bonds is 6. The second-order valence-electron chi connectivity index (χ2n) is 6.83. The molecule has 2 aromatic heterocycles. The Balaban J connectivity index is 1.51. The van der Waals surface area contributed by atoms with Crippen LogP contribution >= 0.6 is 11.3 Å². The van der Waals surface area contributed by atoms with Crippen molar-refractivity contribution in [2.45, 2.75) is 45.7 Å². The molecule has 9 heteroatoms. The molecule has 27 heavy (non-hydrogen) atoms. The molecule has 1 aliphatic rings. The van der Waals surface area contributed by atoms with Gasteiger partial charge in [0.1, 0.15) is 0 Å². The Morgan fingerprint density at radius 1 is 1.30 bits per heavy atom. The fourth-order valence-corrected chi connectivity index (χ4v) is 3.94. The topological polar surface area (TPSA) is 92.2 Å². The second kappa shape index (κ2) is 9.09. The number of urea groups is 1. The molecule has 2 amide bonds. The summed E-state index contributed by atoms with van der Waals surface area (Å²) in [5, 5.41) is 10.6. The molecule has 0 bridgehead atoms. The van der Waals surface area contributed by atoms with E-state index in [1.807, 2.05) is 13.8 Å². The summed E-state index contributed by atoms with van der Waals surface area (Å²) in [5.41, 5.74) is 0.756. The highest BCUT2D eigenvalue weighted by atomic mass is 32.1. The van der Waals surface area contributed by atoms with Gasteiger partial charge in [0.05, 0.1) is 12.2 Å². The fourth-order valence-electron chi connectivity index (χ4n) is 3.28. The summed E-state index contributed by atoms with van der Waals surface area (Å²) < 4.78 is 1.52. The molecular weight excluding hydrogens is 364 g/mol. The zero-order valence-electron chi connectivity index (χ0n) is 15.8. The summed E-state index contributed by atoms with van der Waals surface area (Å²) in [4.78, 5) is 31.6. The normalized spacial score (nSPS) is 17.6. The maximum absolute atomic E-state index is 12.1. The van der Waals surface area contributed by atoms with Crippen LogP contribution in [0.2, 0.25) is 0 Å². The summed E-state index contributed by atoms with van der Waals surface area (Å²) in [6.45, 7) is 6.69. The number of nitrogens with zero attached hydrogens (tertiary/aromatic N) is 4. The molecule has 0 aromatic carbocycles. The minimum atomic E-state index is -0.230. The first kappa shape index (κ1) is 19.5. The first-order valence-corrected chi connectivity index (χ1v) is 10.1. The number of carbonyl (C=O) groups is 1. The van der Waals surface area contributed by atoms with E-state index in [1.165, 1.54) is 16.0 Å². The van der Waals surface area contributed by atoms with Crippen molar-refractivity contribution in [2.24, 2.45) is 0 Å². The number of aromatic nitrogens is 3. The van der Waals surface area contributed by atoms with E-state index in [0.717, 1.165) is 42.9 Å². The standard InChI is InChI=1S/C18H26N6O2S/c1-13-6-7-16(25)24(22-13)10-9-23-8-4-3-5-15(23)12-19-17(26)21-18-20-11-14(2)27-18/h6-7,11,15H,3-5,8-10,12H2,1-2H3,(H2,19,20,21,26). The van der Waals surface area contributed by atoms with E-state index in [-0.39, 0.29) is 17.6 Å². The summed E-state index contributed by atoms with van der Waals surface area (Å²) in [7, 11) is 0. The van der Waals surface area contributed by atoms with Crippen molar-refractivity contribution in [1.29, 1.82) is 0 Å². The van der Waals surface area contributed by atoms with Crippen molar-refractivity contribution in [3.8, 4) is 0 Å². The fraction of sp³-hybridized carbons (Fsp3) is 0.556. The Labute approximate surface area is 162 Å². The summed E-state index contributed by atoms with van der Waals surface area (Å²) >= 11 is 1.45. The molecule has 0 aliphatic carbocycles. The van der Waals surface area contributed by atoms with Crippen molar-refractivity contribution in [3.05, 3.63) is 39.3 Å². The quantitative estimate of drug-likeness (QED) is 0.787. The smallest absolute Gasteiger partial charge is 0.321 e.